The Morgan fingerprint density at radius 2 is 1.59 bits per heavy atom. The van der Waals surface area contributed by atoms with Gasteiger partial charge >= 0.3 is 0 Å². The lowest BCUT2D eigenvalue weighted by Gasteiger charge is -2.12. The highest BCUT2D eigenvalue weighted by Crippen LogP contribution is 2.40. The number of methoxy groups -OCH3 is 2. The quantitative estimate of drug-likeness (QED) is 0.724. The summed E-state index contributed by atoms with van der Waals surface area (Å²) in [6.07, 6.45) is 5.45. The van der Waals surface area contributed by atoms with E-state index in [-0.39, 0.29) is 0 Å². The summed E-state index contributed by atoms with van der Waals surface area (Å²) in [6, 6.07) is 8.01. The van der Waals surface area contributed by atoms with E-state index in [4.69, 9.17) is 9.47 Å². The second-order valence-electron chi connectivity index (χ2n) is 4.81. The minimum atomic E-state index is 0.809. The first-order valence-electron chi connectivity index (χ1n) is 6.82. The largest absolute Gasteiger partial charge is 0.496 e. The number of ether oxygens (including phenoxy) is 2. The van der Waals surface area contributed by atoms with Crippen molar-refractivity contribution in [1.29, 1.82) is 0 Å². The van der Waals surface area contributed by atoms with Gasteiger partial charge in [0.25, 0.3) is 0 Å². The van der Waals surface area contributed by atoms with Gasteiger partial charge in [0.05, 0.1) is 19.1 Å². The Bertz CT molecular complexity index is 759. The maximum atomic E-state index is 5.47. The molecule has 0 unspecified atom stereocenters. The van der Waals surface area contributed by atoms with Crippen LogP contribution in [-0.4, -0.2) is 23.6 Å². The number of nitrogens with zero attached hydrogens (tertiary/aromatic N) is 2. The highest BCUT2D eigenvalue weighted by atomic mass is 32.1. The Hall–Kier alpha value is -2.40. The summed E-state index contributed by atoms with van der Waals surface area (Å²) in [5.74, 6) is 1.62. The van der Waals surface area contributed by atoms with E-state index in [1.165, 1.54) is 11.5 Å². The van der Waals surface area contributed by atoms with Crippen LogP contribution < -0.4 is 9.47 Å². The van der Waals surface area contributed by atoms with Crippen LogP contribution in [0, 0.1) is 6.92 Å². The fourth-order valence-electron chi connectivity index (χ4n) is 2.40. The van der Waals surface area contributed by atoms with Crippen LogP contribution in [0.3, 0.4) is 0 Å². The fourth-order valence-corrected chi connectivity index (χ4v) is 3.16. The number of pyridine rings is 1. The van der Waals surface area contributed by atoms with Crippen molar-refractivity contribution in [2.45, 2.75) is 6.92 Å². The van der Waals surface area contributed by atoms with Crippen LogP contribution >= 0.6 is 11.5 Å². The first-order chi connectivity index (χ1) is 10.7. The summed E-state index contributed by atoms with van der Waals surface area (Å²) in [6.45, 7) is 1.98. The fraction of sp³-hybridized carbons (Fsp3) is 0.176. The van der Waals surface area contributed by atoms with Crippen molar-refractivity contribution >= 4 is 11.5 Å². The number of rotatable bonds is 4. The van der Waals surface area contributed by atoms with Crippen LogP contribution in [0.2, 0.25) is 0 Å². The lowest BCUT2D eigenvalue weighted by molar-refractivity contribution is 0.389. The zero-order valence-electron chi connectivity index (χ0n) is 12.7. The van der Waals surface area contributed by atoms with E-state index in [0.29, 0.717) is 0 Å². The molecule has 0 aliphatic heterocycles. The van der Waals surface area contributed by atoms with Gasteiger partial charge < -0.3 is 9.47 Å². The number of hydrogen-bond acceptors (Lipinski definition) is 5. The van der Waals surface area contributed by atoms with Gasteiger partial charge in [0.2, 0.25) is 0 Å². The van der Waals surface area contributed by atoms with Crippen LogP contribution in [-0.2, 0) is 0 Å². The average Bonchev–Trinajstić information content (AvgIpc) is 3.05. The number of benzene rings is 1. The predicted octanol–water partition coefficient (Wildman–Crippen LogP) is 4.20. The maximum absolute atomic E-state index is 5.47. The molecular weight excluding hydrogens is 296 g/mol. The molecule has 0 atom stereocenters. The molecule has 3 rings (SSSR count). The molecule has 0 aliphatic carbocycles. The molecule has 0 saturated heterocycles. The van der Waals surface area contributed by atoms with E-state index in [1.807, 2.05) is 37.4 Å². The smallest absolute Gasteiger partial charge is 0.126 e. The van der Waals surface area contributed by atoms with E-state index >= 15 is 0 Å². The molecule has 0 amide bonds. The molecule has 0 saturated carbocycles. The highest BCUT2D eigenvalue weighted by molar-refractivity contribution is 7.10. The third-order valence-electron chi connectivity index (χ3n) is 3.58. The zero-order chi connectivity index (χ0) is 15.5. The van der Waals surface area contributed by atoms with Gasteiger partial charge in [0.15, 0.2) is 0 Å². The van der Waals surface area contributed by atoms with Gasteiger partial charge in [0, 0.05) is 35.3 Å². The van der Waals surface area contributed by atoms with Gasteiger partial charge in [-0.25, -0.2) is 0 Å². The molecule has 0 aliphatic rings. The topological polar surface area (TPSA) is 44.2 Å². The monoisotopic (exact) mass is 312 g/mol. The molecule has 2 heterocycles. The Morgan fingerprint density at radius 3 is 2.18 bits per heavy atom. The van der Waals surface area contributed by atoms with Gasteiger partial charge in [-0.15, -0.1) is 0 Å². The lowest BCUT2D eigenvalue weighted by atomic mass is 10.0. The summed E-state index contributed by atoms with van der Waals surface area (Å²) in [7, 11) is 3.34. The SMILES string of the molecule is COc1cc(-c2sncc2-c2ccncc2)cc(OC)c1C. The summed E-state index contributed by atoms with van der Waals surface area (Å²) in [5, 5.41) is 0. The van der Waals surface area contributed by atoms with Crippen molar-refractivity contribution in [1.82, 2.24) is 9.36 Å². The molecule has 2 aromatic heterocycles. The van der Waals surface area contributed by atoms with Gasteiger partial charge in [-0.2, -0.15) is 4.37 Å². The first kappa shape index (κ1) is 14.5. The van der Waals surface area contributed by atoms with Crippen LogP contribution in [0.1, 0.15) is 5.56 Å². The van der Waals surface area contributed by atoms with E-state index in [2.05, 4.69) is 9.36 Å². The molecule has 4 nitrogen and oxygen atoms in total. The third kappa shape index (κ3) is 2.55. The van der Waals surface area contributed by atoms with Crippen molar-refractivity contribution in [3.8, 4) is 33.1 Å². The summed E-state index contributed by atoms with van der Waals surface area (Å²) >= 11 is 1.46. The Balaban J connectivity index is 2.15. The van der Waals surface area contributed by atoms with Gasteiger partial charge in [-0.05, 0) is 48.3 Å². The van der Waals surface area contributed by atoms with Crippen LogP contribution in [0.4, 0.5) is 0 Å². The molecular formula is C17H16N2O2S. The maximum Gasteiger partial charge on any atom is 0.126 e. The van der Waals surface area contributed by atoms with Crippen molar-refractivity contribution in [3.63, 3.8) is 0 Å². The zero-order valence-corrected chi connectivity index (χ0v) is 13.5. The van der Waals surface area contributed by atoms with E-state index in [0.717, 1.165) is 38.6 Å². The van der Waals surface area contributed by atoms with Gasteiger partial charge in [-0.3, -0.25) is 4.98 Å². The normalized spacial score (nSPS) is 10.5. The van der Waals surface area contributed by atoms with Crippen LogP contribution in [0.15, 0.2) is 42.9 Å². The van der Waals surface area contributed by atoms with Crippen molar-refractivity contribution in [3.05, 3.63) is 48.4 Å². The lowest BCUT2D eigenvalue weighted by Crippen LogP contribution is -1.93. The van der Waals surface area contributed by atoms with E-state index < -0.39 is 0 Å². The first-order valence-corrected chi connectivity index (χ1v) is 7.60. The molecule has 22 heavy (non-hydrogen) atoms. The molecule has 5 heteroatoms. The molecule has 0 N–H and O–H groups in total. The van der Waals surface area contributed by atoms with Crippen LogP contribution in [0.25, 0.3) is 21.6 Å². The Morgan fingerprint density at radius 1 is 0.955 bits per heavy atom. The molecule has 3 aromatic rings. The van der Waals surface area contributed by atoms with Crippen molar-refractivity contribution in [2.75, 3.05) is 14.2 Å². The predicted molar refractivity (Wildman–Crippen MR) is 88.6 cm³/mol. The third-order valence-corrected chi connectivity index (χ3v) is 4.43. The average molecular weight is 312 g/mol. The highest BCUT2D eigenvalue weighted by Gasteiger charge is 2.15. The van der Waals surface area contributed by atoms with E-state index in [9.17, 15) is 0 Å². The molecule has 0 fully saturated rings. The number of hydrogen-bond donors (Lipinski definition) is 0. The van der Waals surface area contributed by atoms with E-state index in [1.54, 1.807) is 26.6 Å². The van der Waals surface area contributed by atoms with Gasteiger partial charge in [0.1, 0.15) is 11.5 Å². The summed E-state index contributed by atoms with van der Waals surface area (Å²) < 4.78 is 15.3. The molecule has 112 valence electrons. The second-order valence-corrected chi connectivity index (χ2v) is 5.61. The van der Waals surface area contributed by atoms with Crippen LogP contribution in [0.5, 0.6) is 11.5 Å². The Labute approximate surface area is 133 Å². The molecule has 0 radical (unpaired) electrons. The number of aromatic nitrogens is 2. The minimum absolute atomic E-state index is 0.809. The molecule has 0 spiro atoms. The van der Waals surface area contributed by atoms with Gasteiger partial charge in [-0.1, -0.05) is 0 Å². The van der Waals surface area contributed by atoms with Crippen molar-refractivity contribution in [2.24, 2.45) is 0 Å². The molecule has 0 bridgehead atoms. The Kier molecular flexibility index (Phi) is 4.06. The molecule has 1 aromatic carbocycles. The summed E-state index contributed by atoms with van der Waals surface area (Å²) in [4.78, 5) is 5.15. The summed E-state index contributed by atoms with van der Waals surface area (Å²) in [5.41, 5.74) is 4.20. The minimum Gasteiger partial charge on any atom is -0.496 e. The second kappa shape index (κ2) is 6.15. The van der Waals surface area contributed by atoms with Crippen molar-refractivity contribution < 1.29 is 9.47 Å². The standard InChI is InChI=1S/C17H16N2O2S/c1-11-15(20-2)8-13(9-16(11)21-3)17-14(10-19-22-17)12-4-6-18-7-5-12/h4-10H,1-3H3.